The summed E-state index contributed by atoms with van der Waals surface area (Å²) >= 11 is 3.60. The van der Waals surface area contributed by atoms with Crippen molar-refractivity contribution in [2.75, 3.05) is 6.54 Å². The lowest BCUT2D eigenvalue weighted by Crippen LogP contribution is -2.29. The van der Waals surface area contributed by atoms with Crippen LogP contribution in [0.1, 0.15) is 27.2 Å². The van der Waals surface area contributed by atoms with Gasteiger partial charge in [-0.2, -0.15) is 0 Å². The fraction of sp³-hybridized carbons (Fsp3) is 0.364. The number of rotatable bonds is 1. The van der Waals surface area contributed by atoms with Crippen molar-refractivity contribution in [3.8, 4) is 0 Å². The molecule has 0 saturated carbocycles. The Bertz CT molecular complexity index is 472. The summed E-state index contributed by atoms with van der Waals surface area (Å²) in [6, 6.07) is 2.58. The van der Waals surface area contributed by atoms with Crippen LogP contribution in [-0.4, -0.2) is 11.5 Å². The highest BCUT2D eigenvalue weighted by Crippen LogP contribution is 2.33. The molecule has 78 valence electrons. The van der Waals surface area contributed by atoms with Crippen LogP contribution in [0.4, 0.5) is 0 Å². The van der Waals surface area contributed by atoms with Gasteiger partial charge in [-0.1, -0.05) is 0 Å². The first-order valence-corrected chi connectivity index (χ1v) is 6.82. The highest BCUT2D eigenvalue weighted by Gasteiger charge is 2.24. The molecule has 0 aromatic carbocycles. The van der Waals surface area contributed by atoms with Gasteiger partial charge in [0.25, 0.3) is 0 Å². The van der Waals surface area contributed by atoms with Crippen molar-refractivity contribution >= 4 is 22.7 Å². The van der Waals surface area contributed by atoms with Crippen molar-refractivity contribution in [2.24, 2.45) is 0 Å². The maximum atomic E-state index is 4.58. The van der Waals surface area contributed by atoms with Crippen molar-refractivity contribution in [1.29, 1.82) is 0 Å². The Hall–Kier alpha value is -0.710. The predicted octanol–water partition coefficient (Wildman–Crippen LogP) is 2.75. The normalized spacial score (nSPS) is 20.2. The number of nitrogens with one attached hydrogen (secondary N) is 1. The van der Waals surface area contributed by atoms with E-state index in [1.807, 2.05) is 11.3 Å². The van der Waals surface area contributed by atoms with Crippen molar-refractivity contribution in [1.82, 2.24) is 10.3 Å². The lowest BCUT2D eigenvalue weighted by Gasteiger charge is -2.21. The van der Waals surface area contributed by atoms with Crippen molar-refractivity contribution in [2.45, 2.75) is 19.4 Å². The van der Waals surface area contributed by atoms with E-state index in [4.69, 9.17) is 0 Å². The van der Waals surface area contributed by atoms with Crippen LogP contribution in [0, 0.1) is 6.92 Å². The standard InChI is InChI=1S/C11H12N2S2/c1-7-6-15-11(13-7)9-10-8(2-4-12-9)3-5-14-10/h3,5-6,9,12H,2,4H2,1H3. The fourth-order valence-corrected chi connectivity index (χ4v) is 3.94. The van der Waals surface area contributed by atoms with E-state index in [-0.39, 0.29) is 0 Å². The summed E-state index contributed by atoms with van der Waals surface area (Å²) in [6.07, 6.45) is 1.15. The number of aromatic nitrogens is 1. The summed E-state index contributed by atoms with van der Waals surface area (Å²) in [5, 5.41) is 9.06. The largest absolute Gasteiger partial charge is 0.303 e. The molecule has 1 N–H and O–H groups in total. The van der Waals surface area contributed by atoms with Gasteiger partial charge in [-0.05, 0) is 30.4 Å². The van der Waals surface area contributed by atoms with Gasteiger partial charge in [-0.25, -0.2) is 4.98 Å². The third kappa shape index (κ3) is 1.62. The van der Waals surface area contributed by atoms with Gasteiger partial charge in [-0.15, -0.1) is 22.7 Å². The highest BCUT2D eigenvalue weighted by molar-refractivity contribution is 7.11. The Kier molecular flexibility index (Phi) is 2.35. The molecule has 0 spiro atoms. The molecule has 1 unspecified atom stereocenters. The van der Waals surface area contributed by atoms with Gasteiger partial charge < -0.3 is 5.32 Å². The molecule has 1 aliphatic rings. The second-order valence-corrected chi connectivity index (χ2v) is 5.61. The summed E-state index contributed by atoms with van der Waals surface area (Å²) in [5.74, 6) is 0. The van der Waals surface area contributed by atoms with Crippen LogP contribution in [0.25, 0.3) is 0 Å². The van der Waals surface area contributed by atoms with Crippen LogP contribution in [0.2, 0.25) is 0 Å². The molecule has 0 amide bonds. The van der Waals surface area contributed by atoms with E-state index >= 15 is 0 Å². The number of thiophene rings is 1. The van der Waals surface area contributed by atoms with E-state index in [0.717, 1.165) is 18.7 Å². The molecule has 15 heavy (non-hydrogen) atoms. The molecular weight excluding hydrogens is 224 g/mol. The zero-order valence-electron chi connectivity index (χ0n) is 8.49. The van der Waals surface area contributed by atoms with Crippen LogP contribution in [-0.2, 0) is 6.42 Å². The fourth-order valence-electron chi connectivity index (χ4n) is 1.96. The van der Waals surface area contributed by atoms with Gasteiger partial charge in [0, 0.05) is 22.5 Å². The van der Waals surface area contributed by atoms with Crippen LogP contribution < -0.4 is 5.32 Å². The predicted molar refractivity (Wildman–Crippen MR) is 64.7 cm³/mol. The molecule has 2 aromatic rings. The lowest BCUT2D eigenvalue weighted by molar-refractivity contribution is 0.575. The summed E-state index contributed by atoms with van der Waals surface area (Å²) in [4.78, 5) is 6.03. The topological polar surface area (TPSA) is 24.9 Å². The van der Waals surface area contributed by atoms with Crippen molar-refractivity contribution in [3.05, 3.63) is 38.0 Å². The molecule has 1 aliphatic heterocycles. The summed E-state index contributed by atoms with van der Waals surface area (Å²) in [6.45, 7) is 3.12. The van der Waals surface area contributed by atoms with Gasteiger partial charge in [-0.3, -0.25) is 0 Å². The number of thiazole rings is 1. The van der Waals surface area contributed by atoms with Gasteiger partial charge in [0.15, 0.2) is 0 Å². The smallest absolute Gasteiger partial charge is 0.115 e. The van der Waals surface area contributed by atoms with E-state index in [9.17, 15) is 0 Å². The minimum absolute atomic E-state index is 0.340. The average molecular weight is 236 g/mol. The molecule has 0 radical (unpaired) electrons. The quantitative estimate of drug-likeness (QED) is 0.823. The maximum absolute atomic E-state index is 4.58. The van der Waals surface area contributed by atoms with E-state index in [1.165, 1.54) is 15.4 Å². The molecule has 3 heterocycles. The first-order chi connectivity index (χ1) is 7.34. The van der Waals surface area contributed by atoms with Crippen LogP contribution in [0.3, 0.4) is 0 Å². The Morgan fingerprint density at radius 2 is 2.40 bits per heavy atom. The van der Waals surface area contributed by atoms with Crippen LogP contribution in [0.5, 0.6) is 0 Å². The zero-order valence-corrected chi connectivity index (χ0v) is 10.1. The summed E-state index contributed by atoms with van der Waals surface area (Å²) in [5.41, 5.74) is 2.62. The second-order valence-electron chi connectivity index (χ2n) is 3.77. The highest BCUT2D eigenvalue weighted by atomic mass is 32.1. The molecule has 0 bridgehead atoms. The summed E-state index contributed by atoms with van der Waals surface area (Å²) in [7, 11) is 0. The summed E-state index contributed by atoms with van der Waals surface area (Å²) < 4.78 is 0. The average Bonchev–Trinajstić information content (AvgIpc) is 2.84. The van der Waals surface area contributed by atoms with Crippen LogP contribution >= 0.6 is 22.7 Å². The van der Waals surface area contributed by atoms with E-state index in [0.29, 0.717) is 6.04 Å². The minimum Gasteiger partial charge on any atom is -0.303 e. The molecule has 3 rings (SSSR count). The lowest BCUT2D eigenvalue weighted by atomic mass is 10.0. The van der Waals surface area contributed by atoms with Gasteiger partial charge in [0.2, 0.25) is 0 Å². The first kappa shape index (κ1) is 9.51. The van der Waals surface area contributed by atoms with Crippen LogP contribution in [0.15, 0.2) is 16.8 Å². The first-order valence-electron chi connectivity index (χ1n) is 5.06. The van der Waals surface area contributed by atoms with Gasteiger partial charge in [0.05, 0.1) is 6.04 Å². The molecule has 1 atom stereocenters. The number of hydrogen-bond acceptors (Lipinski definition) is 4. The Balaban J connectivity index is 2.02. The monoisotopic (exact) mass is 236 g/mol. The van der Waals surface area contributed by atoms with Gasteiger partial charge in [0.1, 0.15) is 5.01 Å². The Morgan fingerprint density at radius 1 is 1.47 bits per heavy atom. The molecule has 0 fully saturated rings. The number of aryl methyl sites for hydroxylation is 1. The number of hydrogen-bond donors (Lipinski definition) is 1. The third-order valence-corrected chi connectivity index (χ3v) is 4.72. The Labute approximate surface area is 97.0 Å². The molecule has 2 nitrogen and oxygen atoms in total. The molecule has 2 aromatic heterocycles. The zero-order chi connectivity index (χ0) is 10.3. The SMILES string of the molecule is Cc1csc(C2NCCc3ccsc32)n1. The third-order valence-electron chi connectivity index (χ3n) is 2.67. The number of nitrogens with zero attached hydrogens (tertiary/aromatic N) is 1. The Morgan fingerprint density at radius 3 is 3.20 bits per heavy atom. The molecule has 4 heteroatoms. The second kappa shape index (κ2) is 3.70. The number of fused-ring (bicyclic) bond motifs is 1. The van der Waals surface area contributed by atoms with Crippen molar-refractivity contribution in [3.63, 3.8) is 0 Å². The van der Waals surface area contributed by atoms with E-state index in [2.05, 4.69) is 34.1 Å². The molecular formula is C11H12N2S2. The van der Waals surface area contributed by atoms with E-state index < -0.39 is 0 Å². The molecule has 0 aliphatic carbocycles. The van der Waals surface area contributed by atoms with Gasteiger partial charge >= 0.3 is 0 Å². The maximum Gasteiger partial charge on any atom is 0.115 e. The van der Waals surface area contributed by atoms with Crippen molar-refractivity contribution < 1.29 is 0 Å². The minimum atomic E-state index is 0.340. The molecule has 0 saturated heterocycles. The van der Waals surface area contributed by atoms with E-state index in [1.54, 1.807) is 11.3 Å².